The minimum Gasteiger partial charge on any atom is -0.0988 e. The lowest BCUT2D eigenvalue weighted by molar-refractivity contribution is 0.857. The first-order valence-corrected chi connectivity index (χ1v) is 2.85. The van der Waals surface area contributed by atoms with Gasteiger partial charge in [0, 0.05) is 0 Å². The molecule has 1 aliphatic carbocycles. The van der Waals surface area contributed by atoms with Crippen LogP contribution in [-0.2, 0) is 0 Å². The summed E-state index contributed by atoms with van der Waals surface area (Å²) in [7, 11) is 0. The molecule has 0 saturated heterocycles. The molecular weight excluding hydrogens is 96.1 g/mol. The number of rotatable bonds is 2. The lowest BCUT2D eigenvalue weighted by Gasteiger charge is -2.16. The van der Waals surface area contributed by atoms with Crippen LogP contribution < -0.4 is 0 Å². The van der Waals surface area contributed by atoms with Crippen molar-refractivity contribution in [3.8, 4) is 0 Å². The van der Waals surface area contributed by atoms with Crippen LogP contribution in [0, 0.1) is 0 Å². The van der Waals surface area contributed by atoms with Gasteiger partial charge in [0.15, 0.2) is 0 Å². The van der Waals surface area contributed by atoms with Gasteiger partial charge < -0.3 is 0 Å². The van der Waals surface area contributed by atoms with Gasteiger partial charge in [-0.2, -0.15) is 0 Å². The molecule has 0 heterocycles. The first kappa shape index (κ1) is 5.36. The minimum absolute atomic E-state index is 1.20. The summed E-state index contributed by atoms with van der Waals surface area (Å²) in [5.41, 5.74) is 2.75. The molecule has 0 saturated carbocycles. The molecule has 0 aromatic rings. The van der Waals surface area contributed by atoms with Crippen molar-refractivity contribution in [1.29, 1.82) is 0 Å². The molecule has 0 aliphatic heterocycles. The largest absolute Gasteiger partial charge is 0.0988 e. The minimum atomic E-state index is 1.20. The molecule has 1 aliphatic rings. The maximum absolute atomic E-state index is 3.68. The molecule has 0 bridgehead atoms. The molecule has 42 valence electrons. The van der Waals surface area contributed by atoms with Crippen LogP contribution in [0.4, 0.5) is 0 Å². The van der Waals surface area contributed by atoms with Crippen molar-refractivity contribution < 1.29 is 0 Å². The molecule has 0 nitrogen and oxygen atoms in total. The lowest BCUT2D eigenvalue weighted by Crippen LogP contribution is -1.97. The first-order chi connectivity index (χ1) is 3.88. The van der Waals surface area contributed by atoms with Crippen LogP contribution in [0.15, 0.2) is 36.5 Å². The van der Waals surface area contributed by atoms with E-state index in [-0.39, 0.29) is 0 Å². The van der Waals surface area contributed by atoms with Gasteiger partial charge in [0.2, 0.25) is 0 Å². The summed E-state index contributed by atoms with van der Waals surface area (Å²) in [6.07, 6.45) is 6.23. The van der Waals surface area contributed by atoms with E-state index in [1.54, 1.807) is 0 Å². The Morgan fingerprint density at radius 1 is 1.00 bits per heavy atom. The summed E-state index contributed by atoms with van der Waals surface area (Å²) in [6, 6.07) is 0. The molecule has 0 atom stereocenters. The van der Waals surface area contributed by atoms with Crippen LogP contribution in [0.2, 0.25) is 0 Å². The summed E-state index contributed by atoms with van der Waals surface area (Å²) in [5.74, 6) is 0. The van der Waals surface area contributed by atoms with Gasteiger partial charge in [-0.15, -0.1) is 0 Å². The Balaban J connectivity index is 2.76. The topological polar surface area (TPSA) is 0 Å². The van der Waals surface area contributed by atoms with E-state index in [9.17, 15) is 0 Å². The van der Waals surface area contributed by atoms with E-state index >= 15 is 0 Å². The molecule has 0 fully saturated rings. The molecule has 0 unspecified atom stereocenters. The van der Waals surface area contributed by atoms with E-state index in [0.717, 1.165) is 0 Å². The fourth-order valence-electron chi connectivity index (χ4n) is 0.880. The van der Waals surface area contributed by atoms with Crippen LogP contribution in [0.25, 0.3) is 0 Å². The van der Waals surface area contributed by atoms with E-state index < -0.39 is 0 Å². The summed E-state index contributed by atoms with van der Waals surface area (Å²) in [6.45, 7) is 7.35. The molecule has 0 spiro atoms. The zero-order chi connectivity index (χ0) is 5.98. The normalized spacial score (nSPS) is 17.5. The highest BCUT2D eigenvalue weighted by Crippen LogP contribution is 2.28. The fraction of sp³-hybridized carbons (Fsp3) is 0.250. The number of allylic oxidation sites excluding steroid dienone is 4. The van der Waals surface area contributed by atoms with Crippen molar-refractivity contribution in [3.63, 3.8) is 0 Å². The van der Waals surface area contributed by atoms with Gasteiger partial charge in [-0.25, -0.2) is 0 Å². The second-order valence-electron chi connectivity index (χ2n) is 1.96. The Hall–Kier alpha value is -0.780. The van der Waals surface area contributed by atoms with Crippen LogP contribution in [0.5, 0.6) is 0 Å². The van der Waals surface area contributed by atoms with Crippen molar-refractivity contribution in [3.05, 3.63) is 36.5 Å². The molecule has 1 rings (SSSR count). The molecule has 0 aromatic heterocycles. The average molecular weight is 106 g/mol. The summed E-state index contributed by atoms with van der Waals surface area (Å²) >= 11 is 0. The van der Waals surface area contributed by atoms with Crippen molar-refractivity contribution in [2.45, 2.75) is 12.8 Å². The summed E-state index contributed by atoms with van der Waals surface area (Å²) in [5, 5.41) is 0. The van der Waals surface area contributed by atoms with Crippen molar-refractivity contribution >= 4 is 0 Å². The van der Waals surface area contributed by atoms with E-state index in [1.165, 1.54) is 24.0 Å². The van der Waals surface area contributed by atoms with Gasteiger partial charge in [-0.05, 0) is 24.0 Å². The van der Waals surface area contributed by atoms with Crippen LogP contribution >= 0.6 is 0 Å². The van der Waals surface area contributed by atoms with Crippen LogP contribution in [-0.4, -0.2) is 0 Å². The van der Waals surface area contributed by atoms with Crippen LogP contribution in [0.3, 0.4) is 0 Å². The van der Waals surface area contributed by atoms with Gasteiger partial charge in [0.25, 0.3) is 0 Å². The molecule has 0 radical (unpaired) electrons. The summed E-state index contributed by atoms with van der Waals surface area (Å²) < 4.78 is 0. The zero-order valence-electron chi connectivity index (χ0n) is 4.98. The Morgan fingerprint density at radius 2 is 1.38 bits per heavy atom. The van der Waals surface area contributed by atoms with Gasteiger partial charge in [0.1, 0.15) is 0 Å². The standard InChI is InChI=1S/C8H10/c1-3-7-5-6-8(7)4-2/h3-4H,1-2,5-6H2. The van der Waals surface area contributed by atoms with Gasteiger partial charge in [-0.1, -0.05) is 25.3 Å². The molecule has 0 heteroatoms. The van der Waals surface area contributed by atoms with Crippen LogP contribution in [0.1, 0.15) is 12.8 Å². The van der Waals surface area contributed by atoms with Crippen molar-refractivity contribution in [1.82, 2.24) is 0 Å². The number of hydrogen-bond donors (Lipinski definition) is 0. The SMILES string of the molecule is C=CC1=C(C=C)CC1. The molecule has 0 N–H and O–H groups in total. The second kappa shape index (κ2) is 1.99. The molecule has 8 heavy (non-hydrogen) atoms. The van der Waals surface area contributed by atoms with E-state index in [2.05, 4.69) is 13.2 Å². The second-order valence-corrected chi connectivity index (χ2v) is 1.96. The molecular formula is C8H10. The third kappa shape index (κ3) is 0.623. The Kier molecular flexibility index (Phi) is 1.34. The Morgan fingerprint density at radius 3 is 1.50 bits per heavy atom. The third-order valence-electron chi connectivity index (χ3n) is 1.57. The predicted molar refractivity (Wildman–Crippen MR) is 36.7 cm³/mol. The lowest BCUT2D eigenvalue weighted by atomic mass is 9.89. The first-order valence-electron chi connectivity index (χ1n) is 2.85. The number of hydrogen-bond acceptors (Lipinski definition) is 0. The van der Waals surface area contributed by atoms with Crippen molar-refractivity contribution in [2.24, 2.45) is 0 Å². The maximum atomic E-state index is 3.68. The van der Waals surface area contributed by atoms with E-state index in [0.29, 0.717) is 0 Å². The predicted octanol–water partition coefficient (Wildman–Crippen LogP) is 2.45. The quantitative estimate of drug-likeness (QED) is 0.507. The highest BCUT2D eigenvalue weighted by molar-refractivity contribution is 5.38. The van der Waals surface area contributed by atoms with E-state index in [4.69, 9.17) is 0 Å². The van der Waals surface area contributed by atoms with E-state index in [1.807, 2.05) is 12.2 Å². The molecule has 0 amide bonds. The third-order valence-corrected chi connectivity index (χ3v) is 1.57. The fourth-order valence-corrected chi connectivity index (χ4v) is 0.880. The maximum Gasteiger partial charge on any atom is -0.0236 e. The summed E-state index contributed by atoms with van der Waals surface area (Å²) in [4.78, 5) is 0. The average Bonchev–Trinajstić information content (AvgIpc) is 1.66. The zero-order valence-corrected chi connectivity index (χ0v) is 4.98. The Labute approximate surface area is 50.2 Å². The molecule has 0 aromatic carbocycles. The monoisotopic (exact) mass is 106 g/mol. The highest BCUT2D eigenvalue weighted by atomic mass is 14.1. The van der Waals surface area contributed by atoms with Gasteiger partial charge >= 0.3 is 0 Å². The van der Waals surface area contributed by atoms with Gasteiger partial charge in [-0.3, -0.25) is 0 Å². The smallest absolute Gasteiger partial charge is 0.0236 e. The van der Waals surface area contributed by atoms with Gasteiger partial charge in [0.05, 0.1) is 0 Å². The Bertz CT molecular complexity index is 131. The van der Waals surface area contributed by atoms with Crippen molar-refractivity contribution in [2.75, 3.05) is 0 Å². The highest BCUT2D eigenvalue weighted by Gasteiger charge is 2.09.